The number of aromatic amines is 1. The molecule has 0 saturated carbocycles. The second kappa shape index (κ2) is 6.50. The lowest BCUT2D eigenvalue weighted by atomic mass is 10.1. The highest BCUT2D eigenvalue weighted by Gasteiger charge is 2.48. The summed E-state index contributed by atoms with van der Waals surface area (Å²) < 4.78 is 86.2. The average Bonchev–Trinajstić information content (AvgIpc) is 2.79. The van der Waals surface area contributed by atoms with Gasteiger partial charge >= 0.3 is 24.3 Å². The molecule has 0 bridgehead atoms. The summed E-state index contributed by atoms with van der Waals surface area (Å²) in [6.45, 7) is 1.69. The molecular formula is C12H11F6NO4. The van der Waals surface area contributed by atoms with Gasteiger partial charge in [-0.25, -0.2) is 9.59 Å². The normalized spacial score (nSPS) is 12.2. The number of hydrogen-bond acceptors (Lipinski definition) is 4. The molecule has 0 spiro atoms. The van der Waals surface area contributed by atoms with Crippen molar-refractivity contribution in [1.29, 1.82) is 0 Å². The number of ether oxygens (including phenoxy) is 2. The number of rotatable bonds is 4. The first-order chi connectivity index (χ1) is 10.4. The van der Waals surface area contributed by atoms with Crippen LogP contribution in [-0.2, 0) is 21.8 Å². The first-order valence-electron chi connectivity index (χ1n) is 6.19. The van der Waals surface area contributed by atoms with Gasteiger partial charge in [0.25, 0.3) is 0 Å². The summed E-state index contributed by atoms with van der Waals surface area (Å²) in [5, 5.41) is 0. The third kappa shape index (κ3) is 3.96. The zero-order chi connectivity index (χ0) is 18.0. The van der Waals surface area contributed by atoms with Crippen LogP contribution in [0.25, 0.3) is 0 Å². The van der Waals surface area contributed by atoms with E-state index in [-0.39, 0.29) is 0 Å². The first-order valence-corrected chi connectivity index (χ1v) is 6.19. The minimum absolute atomic E-state index is 0.398. The fraction of sp³-hybridized carbons (Fsp3) is 0.500. The van der Waals surface area contributed by atoms with Gasteiger partial charge in [0.05, 0.1) is 13.2 Å². The third-order valence-corrected chi connectivity index (χ3v) is 2.53. The van der Waals surface area contributed by atoms with Crippen molar-refractivity contribution in [3.8, 4) is 0 Å². The van der Waals surface area contributed by atoms with Gasteiger partial charge in [-0.05, 0) is 13.8 Å². The van der Waals surface area contributed by atoms with Crippen LogP contribution in [0.15, 0.2) is 0 Å². The Morgan fingerprint density at radius 1 is 0.826 bits per heavy atom. The summed E-state index contributed by atoms with van der Waals surface area (Å²) in [6.07, 6.45) is -10.7. The van der Waals surface area contributed by atoms with Crippen LogP contribution in [0.3, 0.4) is 0 Å². The molecule has 1 N–H and O–H groups in total. The van der Waals surface area contributed by atoms with Gasteiger partial charge in [0.15, 0.2) is 0 Å². The predicted octanol–water partition coefficient (Wildman–Crippen LogP) is 3.41. The highest BCUT2D eigenvalue weighted by Crippen LogP contribution is 2.40. The van der Waals surface area contributed by atoms with Crippen LogP contribution < -0.4 is 0 Å². The molecule has 23 heavy (non-hydrogen) atoms. The van der Waals surface area contributed by atoms with E-state index in [1.165, 1.54) is 13.8 Å². The van der Waals surface area contributed by atoms with E-state index in [2.05, 4.69) is 9.47 Å². The minimum Gasteiger partial charge on any atom is -0.462 e. The molecule has 0 unspecified atom stereocenters. The van der Waals surface area contributed by atoms with Crippen molar-refractivity contribution in [2.24, 2.45) is 0 Å². The maximum Gasteiger partial charge on any atom is 0.432 e. The molecule has 0 amide bonds. The molecule has 0 radical (unpaired) electrons. The van der Waals surface area contributed by atoms with Crippen molar-refractivity contribution >= 4 is 11.9 Å². The number of carbonyl (C=O) groups excluding carboxylic acids is 2. The number of nitrogens with one attached hydrogen (secondary N) is 1. The molecule has 130 valence electrons. The van der Waals surface area contributed by atoms with Crippen molar-refractivity contribution in [1.82, 2.24) is 4.98 Å². The lowest BCUT2D eigenvalue weighted by molar-refractivity contribution is -0.148. The lowest BCUT2D eigenvalue weighted by Crippen LogP contribution is -2.19. The standard InChI is InChI=1S/C12H11F6NO4/c1-3-22-9(20)5-6(10(21)23-4-2)8(12(16,17)18)19-7(5)11(13,14)15/h19H,3-4H2,1-2H3. The Labute approximate surface area is 125 Å². The number of esters is 2. The molecule has 0 aliphatic heterocycles. The summed E-state index contributed by atoms with van der Waals surface area (Å²) in [5.74, 6) is -3.43. The van der Waals surface area contributed by atoms with E-state index >= 15 is 0 Å². The molecular weight excluding hydrogens is 336 g/mol. The van der Waals surface area contributed by atoms with E-state index in [1.54, 1.807) is 0 Å². The number of aromatic nitrogens is 1. The fourth-order valence-electron chi connectivity index (χ4n) is 1.74. The highest BCUT2D eigenvalue weighted by molar-refractivity contribution is 6.05. The monoisotopic (exact) mass is 347 g/mol. The summed E-state index contributed by atoms with van der Waals surface area (Å²) in [6, 6.07) is 0. The Hall–Kier alpha value is -2.20. The van der Waals surface area contributed by atoms with Crippen LogP contribution >= 0.6 is 0 Å². The van der Waals surface area contributed by atoms with E-state index in [4.69, 9.17) is 0 Å². The fourth-order valence-corrected chi connectivity index (χ4v) is 1.74. The maximum atomic E-state index is 12.9. The van der Waals surface area contributed by atoms with Gasteiger partial charge in [0.1, 0.15) is 22.5 Å². The Balaban J connectivity index is 3.75. The quantitative estimate of drug-likeness (QED) is 0.670. The molecule has 5 nitrogen and oxygen atoms in total. The molecule has 0 aromatic carbocycles. The molecule has 0 aliphatic rings. The Morgan fingerprint density at radius 2 is 1.13 bits per heavy atom. The van der Waals surface area contributed by atoms with Crippen LogP contribution in [0.4, 0.5) is 26.3 Å². The van der Waals surface area contributed by atoms with Crippen LogP contribution in [0.5, 0.6) is 0 Å². The number of carbonyl (C=O) groups is 2. The molecule has 1 heterocycles. The molecule has 0 atom stereocenters. The van der Waals surface area contributed by atoms with E-state index in [1.807, 2.05) is 0 Å². The smallest absolute Gasteiger partial charge is 0.432 e. The lowest BCUT2D eigenvalue weighted by Gasteiger charge is -2.09. The summed E-state index contributed by atoms with van der Waals surface area (Å²) in [7, 11) is 0. The molecule has 1 aromatic rings. The average molecular weight is 347 g/mol. The molecule has 11 heteroatoms. The number of hydrogen-bond donors (Lipinski definition) is 1. The zero-order valence-corrected chi connectivity index (χ0v) is 11.8. The first kappa shape index (κ1) is 18.8. The molecule has 1 rings (SSSR count). The van der Waals surface area contributed by atoms with E-state index < -0.39 is 60.0 Å². The number of H-pyrrole nitrogens is 1. The van der Waals surface area contributed by atoms with Crippen LogP contribution in [0, 0.1) is 0 Å². The van der Waals surface area contributed by atoms with Crippen LogP contribution in [0.2, 0.25) is 0 Å². The number of alkyl halides is 6. The molecule has 0 aliphatic carbocycles. The topological polar surface area (TPSA) is 68.4 Å². The largest absolute Gasteiger partial charge is 0.462 e. The Kier molecular flexibility index (Phi) is 5.33. The van der Waals surface area contributed by atoms with Crippen molar-refractivity contribution in [2.75, 3.05) is 13.2 Å². The van der Waals surface area contributed by atoms with E-state index in [0.29, 0.717) is 0 Å². The Morgan fingerprint density at radius 3 is 1.35 bits per heavy atom. The number of halogens is 6. The van der Waals surface area contributed by atoms with Gasteiger partial charge in [0, 0.05) is 0 Å². The van der Waals surface area contributed by atoms with Gasteiger partial charge < -0.3 is 14.5 Å². The van der Waals surface area contributed by atoms with Gasteiger partial charge in [-0.2, -0.15) is 26.3 Å². The molecule has 0 saturated heterocycles. The van der Waals surface area contributed by atoms with Gasteiger partial charge in [-0.15, -0.1) is 0 Å². The van der Waals surface area contributed by atoms with Gasteiger partial charge in [-0.1, -0.05) is 0 Å². The van der Waals surface area contributed by atoms with Gasteiger partial charge in [-0.3, -0.25) is 0 Å². The predicted molar refractivity (Wildman–Crippen MR) is 62.7 cm³/mol. The minimum atomic E-state index is -5.34. The molecule has 0 fully saturated rings. The third-order valence-electron chi connectivity index (χ3n) is 2.53. The summed E-state index contributed by atoms with van der Waals surface area (Å²) in [5.41, 5.74) is -7.15. The zero-order valence-electron chi connectivity index (χ0n) is 11.8. The van der Waals surface area contributed by atoms with E-state index in [0.717, 1.165) is 4.98 Å². The highest BCUT2D eigenvalue weighted by atomic mass is 19.4. The summed E-state index contributed by atoms with van der Waals surface area (Å²) in [4.78, 5) is 24.4. The SMILES string of the molecule is CCOC(=O)c1c(C(F)(F)F)[nH]c(C(F)(F)F)c1C(=O)OCC. The van der Waals surface area contributed by atoms with Crippen molar-refractivity contribution < 1.29 is 45.4 Å². The molecule has 1 aromatic heterocycles. The van der Waals surface area contributed by atoms with Crippen molar-refractivity contribution in [3.05, 3.63) is 22.5 Å². The van der Waals surface area contributed by atoms with Crippen LogP contribution in [-0.4, -0.2) is 30.1 Å². The summed E-state index contributed by atoms with van der Waals surface area (Å²) >= 11 is 0. The second-order valence-electron chi connectivity index (χ2n) is 4.06. The maximum absolute atomic E-state index is 12.9. The van der Waals surface area contributed by atoms with Crippen molar-refractivity contribution in [2.45, 2.75) is 26.2 Å². The Bertz CT molecular complexity index is 551. The second-order valence-corrected chi connectivity index (χ2v) is 4.06. The van der Waals surface area contributed by atoms with E-state index in [9.17, 15) is 35.9 Å². The van der Waals surface area contributed by atoms with Crippen LogP contribution in [0.1, 0.15) is 46.0 Å². The van der Waals surface area contributed by atoms with Crippen molar-refractivity contribution in [3.63, 3.8) is 0 Å². The van der Waals surface area contributed by atoms with Gasteiger partial charge in [0.2, 0.25) is 0 Å².